The Labute approximate surface area is 135 Å². The number of benzene rings is 2. The van der Waals surface area contributed by atoms with Gasteiger partial charge in [0, 0.05) is 0 Å². The SMILES string of the molecule is CCc1ccc(CCC2CCc3cc(F)c(F)cc3C2)c(F)c1. The zero-order chi connectivity index (χ0) is 16.4. The average molecular weight is 318 g/mol. The van der Waals surface area contributed by atoms with Gasteiger partial charge in [0.2, 0.25) is 0 Å². The number of hydrogen-bond acceptors (Lipinski definition) is 0. The van der Waals surface area contributed by atoms with E-state index in [1.807, 2.05) is 19.1 Å². The molecule has 23 heavy (non-hydrogen) atoms. The van der Waals surface area contributed by atoms with Gasteiger partial charge in [-0.1, -0.05) is 19.1 Å². The Balaban J connectivity index is 1.65. The largest absolute Gasteiger partial charge is 0.207 e. The van der Waals surface area contributed by atoms with Gasteiger partial charge >= 0.3 is 0 Å². The highest BCUT2D eigenvalue weighted by atomic mass is 19.2. The zero-order valence-corrected chi connectivity index (χ0v) is 13.3. The molecule has 0 nitrogen and oxygen atoms in total. The van der Waals surface area contributed by atoms with Gasteiger partial charge in [-0.05, 0) is 84.9 Å². The number of rotatable bonds is 4. The van der Waals surface area contributed by atoms with Crippen LogP contribution in [-0.2, 0) is 25.7 Å². The third kappa shape index (κ3) is 3.60. The molecular weight excluding hydrogens is 297 g/mol. The van der Waals surface area contributed by atoms with Gasteiger partial charge in [-0.3, -0.25) is 0 Å². The summed E-state index contributed by atoms with van der Waals surface area (Å²) in [5.41, 5.74) is 3.58. The van der Waals surface area contributed by atoms with Crippen LogP contribution >= 0.6 is 0 Å². The van der Waals surface area contributed by atoms with Crippen molar-refractivity contribution in [3.8, 4) is 0 Å². The van der Waals surface area contributed by atoms with Crippen LogP contribution in [0.3, 0.4) is 0 Å². The molecule has 0 spiro atoms. The Morgan fingerprint density at radius 2 is 1.70 bits per heavy atom. The van der Waals surface area contributed by atoms with Gasteiger partial charge in [0.15, 0.2) is 11.6 Å². The van der Waals surface area contributed by atoms with E-state index >= 15 is 0 Å². The van der Waals surface area contributed by atoms with Gasteiger partial charge in [0.1, 0.15) is 5.82 Å². The molecule has 122 valence electrons. The second-order valence-electron chi connectivity index (χ2n) is 6.46. The van der Waals surface area contributed by atoms with Crippen LogP contribution < -0.4 is 0 Å². The summed E-state index contributed by atoms with van der Waals surface area (Å²) in [6, 6.07) is 8.12. The maximum Gasteiger partial charge on any atom is 0.159 e. The Kier molecular flexibility index (Phi) is 4.74. The fraction of sp³-hybridized carbons (Fsp3) is 0.400. The monoisotopic (exact) mass is 318 g/mol. The lowest BCUT2D eigenvalue weighted by Gasteiger charge is -2.25. The number of fused-ring (bicyclic) bond motifs is 1. The third-order valence-electron chi connectivity index (χ3n) is 4.92. The number of halogens is 3. The molecular formula is C20H21F3. The molecule has 1 aliphatic rings. The maximum absolute atomic E-state index is 14.0. The molecule has 0 fully saturated rings. The smallest absolute Gasteiger partial charge is 0.159 e. The summed E-state index contributed by atoms with van der Waals surface area (Å²) >= 11 is 0. The topological polar surface area (TPSA) is 0 Å². The van der Waals surface area contributed by atoms with Gasteiger partial charge in [0.05, 0.1) is 0 Å². The van der Waals surface area contributed by atoms with Crippen LogP contribution in [0.1, 0.15) is 42.0 Å². The minimum absolute atomic E-state index is 0.131. The fourth-order valence-corrected chi connectivity index (χ4v) is 3.44. The van der Waals surface area contributed by atoms with Crippen LogP contribution in [0.2, 0.25) is 0 Å². The van der Waals surface area contributed by atoms with Crippen LogP contribution in [0, 0.1) is 23.4 Å². The van der Waals surface area contributed by atoms with E-state index < -0.39 is 11.6 Å². The lowest BCUT2D eigenvalue weighted by Crippen LogP contribution is -2.16. The van der Waals surface area contributed by atoms with E-state index in [4.69, 9.17) is 0 Å². The van der Waals surface area contributed by atoms with E-state index in [2.05, 4.69) is 0 Å². The van der Waals surface area contributed by atoms with Crippen LogP contribution in [0.15, 0.2) is 30.3 Å². The van der Waals surface area contributed by atoms with Gasteiger partial charge in [-0.25, -0.2) is 13.2 Å². The van der Waals surface area contributed by atoms with Gasteiger partial charge < -0.3 is 0 Å². The molecule has 0 amide bonds. The predicted octanol–water partition coefficient (Wildman–Crippen LogP) is 5.40. The minimum atomic E-state index is -0.773. The molecule has 1 unspecified atom stereocenters. The van der Waals surface area contributed by atoms with Crippen molar-refractivity contribution in [2.24, 2.45) is 5.92 Å². The van der Waals surface area contributed by atoms with Crippen molar-refractivity contribution in [2.75, 3.05) is 0 Å². The van der Waals surface area contributed by atoms with Gasteiger partial charge in [-0.2, -0.15) is 0 Å². The molecule has 0 aliphatic heterocycles. The Morgan fingerprint density at radius 1 is 0.957 bits per heavy atom. The summed E-state index contributed by atoms with van der Waals surface area (Å²) < 4.78 is 40.7. The predicted molar refractivity (Wildman–Crippen MR) is 86.0 cm³/mol. The number of aryl methyl sites for hydroxylation is 3. The fourth-order valence-electron chi connectivity index (χ4n) is 3.44. The first-order valence-corrected chi connectivity index (χ1v) is 8.31. The summed E-state index contributed by atoms with van der Waals surface area (Å²) in [6.45, 7) is 2.01. The van der Waals surface area contributed by atoms with E-state index in [-0.39, 0.29) is 5.82 Å². The summed E-state index contributed by atoms with van der Waals surface area (Å²) in [7, 11) is 0. The van der Waals surface area contributed by atoms with Crippen LogP contribution in [0.25, 0.3) is 0 Å². The highest BCUT2D eigenvalue weighted by Crippen LogP contribution is 2.30. The molecule has 0 saturated carbocycles. The highest BCUT2D eigenvalue weighted by molar-refractivity contribution is 5.31. The van der Waals surface area contributed by atoms with E-state index in [0.29, 0.717) is 12.3 Å². The van der Waals surface area contributed by atoms with Crippen molar-refractivity contribution >= 4 is 0 Å². The second-order valence-corrected chi connectivity index (χ2v) is 6.46. The van der Waals surface area contributed by atoms with Crippen LogP contribution in [0.4, 0.5) is 13.2 Å². The van der Waals surface area contributed by atoms with Crippen molar-refractivity contribution < 1.29 is 13.2 Å². The van der Waals surface area contributed by atoms with Crippen molar-refractivity contribution in [3.05, 3.63) is 70.0 Å². The second kappa shape index (κ2) is 6.77. The molecule has 0 N–H and O–H groups in total. The summed E-state index contributed by atoms with van der Waals surface area (Å²) in [6.07, 6.45) is 4.88. The Morgan fingerprint density at radius 3 is 2.39 bits per heavy atom. The molecule has 2 aromatic carbocycles. The Bertz CT molecular complexity index is 706. The minimum Gasteiger partial charge on any atom is -0.207 e. The number of hydrogen-bond donors (Lipinski definition) is 0. The molecule has 0 radical (unpaired) electrons. The van der Waals surface area contributed by atoms with Gasteiger partial charge in [0.25, 0.3) is 0 Å². The van der Waals surface area contributed by atoms with E-state index in [0.717, 1.165) is 54.4 Å². The molecule has 3 heteroatoms. The highest BCUT2D eigenvalue weighted by Gasteiger charge is 2.21. The summed E-state index contributed by atoms with van der Waals surface area (Å²) in [5.74, 6) is -1.27. The first-order valence-electron chi connectivity index (χ1n) is 8.31. The molecule has 0 bridgehead atoms. The lowest BCUT2D eigenvalue weighted by molar-refractivity contribution is 0.417. The van der Waals surface area contributed by atoms with Crippen molar-refractivity contribution in [3.63, 3.8) is 0 Å². The maximum atomic E-state index is 14.0. The molecule has 3 rings (SSSR count). The van der Waals surface area contributed by atoms with E-state index in [9.17, 15) is 13.2 Å². The van der Waals surface area contributed by atoms with Crippen LogP contribution in [0.5, 0.6) is 0 Å². The van der Waals surface area contributed by atoms with E-state index in [1.54, 1.807) is 6.07 Å². The van der Waals surface area contributed by atoms with Gasteiger partial charge in [-0.15, -0.1) is 0 Å². The quantitative estimate of drug-likeness (QED) is 0.707. The average Bonchev–Trinajstić information content (AvgIpc) is 2.54. The first kappa shape index (κ1) is 16.1. The summed E-state index contributed by atoms with van der Waals surface area (Å²) in [5, 5.41) is 0. The molecule has 0 saturated heterocycles. The van der Waals surface area contributed by atoms with Crippen LogP contribution in [-0.4, -0.2) is 0 Å². The molecule has 1 aliphatic carbocycles. The molecule has 1 atom stereocenters. The van der Waals surface area contributed by atoms with Crippen molar-refractivity contribution in [1.29, 1.82) is 0 Å². The van der Waals surface area contributed by atoms with Crippen molar-refractivity contribution in [1.82, 2.24) is 0 Å². The normalized spacial score (nSPS) is 17.1. The lowest BCUT2D eigenvalue weighted by atomic mass is 9.81. The zero-order valence-electron chi connectivity index (χ0n) is 13.3. The third-order valence-corrected chi connectivity index (χ3v) is 4.92. The Hall–Kier alpha value is -1.77. The molecule has 2 aromatic rings. The molecule has 0 aromatic heterocycles. The van der Waals surface area contributed by atoms with E-state index in [1.165, 1.54) is 12.1 Å². The standard InChI is InChI=1S/C20H21F3/c1-2-13-3-6-15(18(21)10-13)7-4-14-5-8-16-11-19(22)20(23)12-17(16)9-14/h3,6,10-12,14H,2,4-5,7-9H2,1H3. The first-order chi connectivity index (χ1) is 11.1. The molecule has 0 heterocycles. The summed E-state index contributed by atoms with van der Waals surface area (Å²) in [4.78, 5) is 0. The van der Waals surface area contributed by atoms with Crippen molar-refractivity contribution in [2.45, 2.75) is 45.4 Å².